The molecule has 206 valence electrons. The lowest BCUT2D eigenvalue weighted by Crippen LogP contribution is -1.96. The number of rotatable bonds is 3. The van der Waals surface area contributed by atoms with E-state index < -0.39 is 0 Å². The fraction of sp³-hybridized carbons (Fsp3) is 0. The average Bonchev–Trinajstić information content (AvgIpc) is 3.79. The van der Waals surface area contributed by atoms with E-state index in [-0.39, 0.29) is 0 Å². The summed E-state index contributed by atoms with van der Waals surface area (Å²) in [6, 6.07) is 40.3. The molecule has 0 bridgehead atoms. The minimum absolute atomic E-state index is 0.768. The van der Waals surface area contributed by atoms with Gasteiger partial charge in [0.2, 0.25) is 0 Å². The molecule has 6 heteroatoms. The van der Waals surface area contributed by atoms with Gasteiger partial charge in [0.05, 0.1) is 21.3 Å². The lowest BCUT2D eigenvalue weighted by atomic mass is 10.1. The zero-order valence-electron chi connectivity index (χ0n) is 23.3. The topological polar surface area (TPSA) is 44.4 Å². The smallest absolute Gasteiger partial charge is 0.145 e. The lowest BCUT2D eigenvalue weighted by Gasteiger charge is -2.11. The van der Waals surface area contributed by atoms with Crippen molar-refractivity contribution in [1.29, 1.82) is 0 Å². The van der Waals surface area contributed by atoms with Gasteiger partial charge in [-0.15, -0.1) is 11.3 Å². The van der Waals surface area contributed by atoms with Crippen LogP contribution < -0.4 is 4.74 Å². The number of para-hydroxylation sites is 1. The van der Waals surface area contributed by atoms with E-state index in [2.05, 4.69) is 106 Å². The van der Waals surface area contributed by atoms with E-state index in [1.165, 1.54) is 41.8 Å². The van der Waals surface area contributed by atoms with Crippen LogP contribution in [0.2, 0.25) is 0 Å². The maximum Gasteiger partial charge on any atom is 0.145 e. The van der Waals surface area contributed by atoms with Crippen LogP contribution in [-0.4, -0.2) is 18.9 Å². The highest BCUT2D eigenvalue weighted by molar-refractivity contribution is 7.26. The fourth-order valence-corrected chi connectivity index (χ4v) is 8.04. The summed E-state index contributed by atoms with van der Waals surface area (Å²) < 4.78 is 13.6. The largest absolute Gasteiger partial charge is 0.457 e. The number of fused-ring (bicyclic) bond motifs is 13. The summed E-state index contributed by atoms with van der Waals surface area (Å²) >= 11 is 1.84. The van der Waals surface area contributed by atoms with Crippen molar-refractivity contribution in [2.45, 2.75) is 0 Å². The monoisotopic (exact) mass is 582 g/mol. The fourth-order valence-electron chi connectivity index (χ4n) is 6.80. The summed E-state index contributed by atoms with van der Waals surface area (Å²) in [4.78, 5) is 9.49. The van der Waals surface area contributed by atoms with Gasteiger partial charge in [-0.3, -0.25) is 8.97 Å². The van der Waals surface area contributed by atoms with Crippen molar-refractivity contribution in [1.82, 2.24) is 18.9 Å². The van der Waals surface area contributed by atoms with Gasteiger partial charge in [0.25, 0.3) is 0 Å². The van der Waals surface area contributed by atoms with Crippen molar-refractivity contribution in [2.24, 2.45) is 0 Å². The Hall–Kier alpha value is -5.72. The van der Waals surface area contributed by atoms with Crippen LogP contribution in [0.3, 0.4) is 0 Å². The minimum atomic E-state index is 0.768. The maximum absolute atomic E-state index is 6.59. The first-order chi connectivity index (χ1) is 21.8. The molecule has 5 aromatic carbocycles. The molecule has 0 aliphatic heterocycles. The van der Waals surface area contributed by atoms with Gasteiger partial charge in [-0.2, -0.15) is 0 Å². The second-order valence-electron chi connectivity index (χ2n) is 11.1. The summed E-state index contributed by atoms with van der Waals surface area (Å²) in [5.74, 6) is 2.42. The summed E-state index contributed by atoms with van der Waals surface area (Å²) in [5.41, 5.74) is 4.29. The Bertz CT molecular complexity index is 2750. The first-order valence-electron chi connectivity index (χ1n) is 14.6. The zero-order chi connectivity index (χ0) is 28.8. The standard InChI is InChI=1S/C38H22N4OS/c1-3-9-32-26(7-1)25-14-12-23(21-31(25)38-40-19-20-41(32)38)43-24-13-15-27-29-16-17-30-28-8-2-4-10-34(28)44-37(30)36(29)42(33(27)22-24)35-11-5-6-18-39-35/h1-22H. The van der Waals surface area contributed by atoms with Gasteiger partial charge in [0.1, 0.15) is 23.0 Å². The molecular formula is C38H22N4OS. The van der Waals surface area contributed by atoms with Crippen molar-refractivity contribution >= 4 is 80.6 Å². The van der Waals surface area contributed by atoms with Crippen LogP contribution in [0.4, 0.5) is 0 Å². The van der Waals surface area contributed by atoms with Crippen molar-refractivity contribution in [2.75, 3.05) is 0 Å². The molecule has 0 amide bonds. The summed E-state index contributed by atoms with van der Waals surface area (Å²) in [5, 5.41) is 8.33. The predicted octanol–water partition coefficient (Wildman–Crippen LogP) is 10.3. The SMILES string of the molecule is c1ccc(-n2c3cc(Oc4ccc5c6ccccc6n6ccnc6c5c4)ccc3c3ccc4c5ccccc5sc4c32)nc1. The second-order valence-corrected chi connectivity index (χ2v) is 12.1. The molecule has 10 aromatic rings. The highest BCUT2D eigenvalue weighted by Gasteiger charge is 2.19. The zero-order valence-corrected chi connectivity index (χ0v) is 24.1. The summed E-state index contributed by atoms with van der Waals surface area (Å²) in [6.45, 7) is 0. The molecule has 0 atom stereocenters. The molecule has 0 fully saturated rings. The predicted molar refractivity (Wildman–Crippen MR) is 182 cm³/mol. The number of benzene rings is 5. The third kappa shape index (κ3) is 3.28. The molecule has 0 saturated carbocycles. The quantitative estimate of drug-likeness (QED) is 0.195. The van der Waals surface area contributed by atoms with Gasteiger partial charge >= 0.3 is 0 Å². The molecular weight excluding hydrogens is 561 g/mol. The van der Waals surface area contributed by atoms with Gasteiger partial charge < -0.3 is 4.74 Å². The number of hydrogen-bond donors (Lipinski definition) is 0. The third-order valence-corrected chi connectivity index (χ3v) is 9.88. The van der Waals surface area contributed by atoms with Crippen LogP contribution in [0.25, 0.3) is 75.1 Å². The van der Waals surface area contributed by atoms with E-state index in [1.54, 1.807) is 0 Å². The Kier molecular flexibility index (Phi) is 4.81. The number of pyridine rings is 2. The molecule has 5 nitrogen and oxygen atoms in total. The van der Waals surface area contributed by atoms with Crippen LogP contribution in [0.1, 0.15) is 0 Å². The van der Waals surface area contributed by atoms with Crippen LogP contribution in [0.15, 0.2) is 134 Å². The first-order valence-corrected chi connectivity index (χ1v) is 15.4. The van der Waals surface area contributed by atoms with E-state index in [0.717, 1.165) is 44.8 Å². The van der Waals surface area contributed by atoms with Gasteiger partial charge in [-0.05, 0) is 60.0 Å². The number of thiophene rings is 1. The van der Waals surface area contributed by atoms with E-state index in [0.29, 0.717) is 0 Å². The van der Waals surface area contributed by atoms with Gasteiger partial charge in [0, 0.05) is 61.7 Å². The molecule has 0 saturated heterocycles. The van der Waals surface area contributed by atoms with E-state index in [9.17, 15) is 0 Å². The number of imidazole rings is 1. The normalized spacial score (nSPS) is 12.1. The van der Waals surface area contributed by atoms with Gasteiger partial charge in [0.15, 0.2) is 0 Å². The second kappa shape index (κ2) is 8.89. The lowest BCUT2D eigenvalue weighted by molar-refractivity contribution is 0.484. The number of nitrogens with zero attached hydrogens (tertiary/aromatic N) is 4. The number of hydrogen-bond acceptors (Lipinski definition) is 4. The highest BCUT2D eigenvalue weighted by Crippen LogP contribution is 2.43. The Balaban J connectivity index is 1.19. The molecule has 10 rings (SSSR count). The molecule has 44 heavy (non-hydrogen) atoms. The molecule has 5 aromatic heterocycles. The van der Waals surface area contributed by atoms with Crippen molar-refractivity contribution < 1.29 is 4.74 Å². The van der Waals surface area contributed by atoms with Crippen molar-refractivity contribution in [3.63, 3.8) is 0 Å². The molecule has 5 heterocycles. The maximum atomic E-state index is 6.59. The van der Waals surface area contributed by atoms with Gasteiger partial charge in [-0.1, -0.05) is 54.6 Å². The van der Waals surface area contributed by atoms with Crippen molar-refractivity contribution in [3.05, 3.63) is 134 Å². The van der Waals surface area contributed by atoms with E-state index in [1.807, 2.05) is 48.1 Å². The average molecular weight is 583 g/mol. The Morgan fingerprint density at radius 2 is 1.30 bits per heavy atom. The molecule has 0 aliphatic rings. The number of ether oxygens (including phenoxy) is 1. The third-order valence-electron chi connectivity index (χ3n) is 8.69. The van der Waals surface area contributed by atoms with Crippen LogP contribution in [0, 0.1) is 0 Å². The van der Waals surface area contributed by atoms with Crippen LogP contribution in [-0.2, 0) is 0 Å². The number of aromatic nitrogens is 4. The molecule has 0 unspecified atom stereocenters. The molecule has 0 aliphatic carbocycles. The summed E-state index contributed by atoms with van der Waals surface area (Å²) in [7, 11) is 0. The summed E-state index contributed by atoms with van der Waals surface area (Å²) in [6.07, 6.45) is 5.72. The van der Waals surface area contributed by atoms with Gasteiger partial charge in [-0.25, -0.2) is 9.97 Å². The van der Waals surface area contributed by atoms with E-state index >= 15 is 0 Å². The molecule has 0 spiro atoms. The molecule has 0 N–H and O–H groups in total. The molecule has 0 radical (unpaired) electrons. The Labute approximate surface area is 254 Å². The Morgan fingerprint density at radius 1 is 0.545 bits per heavy atom. The first kappa shape index (κ1) is 23.8. The minimum Gasteiger partial charge on any atom is -0.457 e. The highest BCUT2D eigenvalue weighted by atomic mass is 32.1. The van der Waals surface area contributed by atoms with E-state index in [4.69, 9.17) is 14.7 Å². The van der Waals surface area contributed by atoms with Crippen molar-refractivity contribution in [3.8, 4) is 17.3 Å². The van der Waals surface area contributed by atoms with Crippen LogP contribution >= 0.6 is 11.3 Å². The van der Waals surface area contributed by atoms with Crippen LogP contribution in [0.5, 0.6) is 11.5 Å². The Morgan fingerprint density at radius 3 is 2.20 bits per heavy atom.